The molecule has 0 atom stereocenters. The van der Waals surface area contributed by atoms with Crippen LogP contribution in [-0.4, -0.2) is 6.61 Å². The van der Waals surface area contributed by atoms with E-state index in [1.807, 2.05) is 6.92 Å². The van der Waals surface area contributed by atoms with Crippen LogP contribution < -0.4 is 4.74 Å². The molecule has 186 valence electrons. The Balaban J connectivity index is 1.75. The van der Waals surface area contributed by atoms with Gasteiger partial charge in [-0.1, -0.05) is 37.6 Å². The number of hydrogen-bond acceptors (Lipinski definition) is 1. The Labute approximate surface area is 198 Å². The van der Waals surface area contributed by atoms with Crippen LogP contribution in [0.15, 0.2) is 42.5 Å². The molecule has 0 amide bonds. The standard InChI is InChI=1S/C27H23F7O/c1-3-5-16-8-6-15(14-20(16)28)7-9-17-10-11-18-19-12-13-21(35-4-2)25(30)23(19)27(33,34)26(31,32)22(18)24(17)29/h6,8,10-14H,3-5,7,9H2,1-2H3. The number of fused-ring (bicyclic) bond motifs is 3. The predicted octanol–water partition coefficient (Wildman–Crippen LogP) is 8.10. The molecule has 0 aromatic heterocycles. The average molecular weight is 496 g/mol. The molecule has 8 heteroatoms. The quantitative estimate of drug-likeness (QED) is 0.300. The fourth-order valence-corrected chi connectivity index (χ4v) is 4.51. The molecule has 0 aliphatic heterocycles. The molecule has 0 N–H and O–H groups in total. The molecule has 1 aliphatic rings. The molecule has 3 aromatic carbocycles. The van der Waals surface area contributed by atoms with E-state index in [1.165, 1.54) is 19.1 Å². The lowest BCUT2D eigenvalue weighted by molar-refractivity contribution is -0.228. The number of alkyl halides is 4. The molecule has 0 saturated carbocycles. The first kappa shape index (κ1) is 25.1. The summed E-state index contributed by atoms with van der Waals surface area (Å²) >= 11 is 0. The van der Waals surface area contributed by atoms with Crippen LogP contribution >= 0.6 is 0 Å². The fourth-order valence-electron chi connectivity index (χ4n) is 4.51. The Morgan fingerprint density at radius 2 is 1.29 bits per heavy atom. The predicted molar refractivity (Wildman–Crippen MR) is 119 cm³/mol. The Hall–Kier alpha value is -3.03. The van der Waals surface area contributed by atoms with Gasteiger partial charge in [-0.05, 0) is 72.2 Å². The molecule has 0 spiro atoms. The summed E-state index contributed by atoms with van der Waals surface area (Å²) in [6, 6.07) is 9.00. The van der Waals surface area contributed by atoms with E-state index in [4.69, 9.17) is 4.74 Å². The highest BCUT2D eigenvalue weighted by atomic mass is 19.3. The summed E-state index contributed by atoms with van der Waals surface area (Å²) < 4.78 is 109. The fraction of sp³-hybridized carbons (Fsp3) is 0.333. The topological polar surface area (TPSA) is 9.23 Å². The van der Waals surface area contributed by atoms with Gasteiger partial charge in [0.2, 0.25) is 0 Å². The Bertz CT molecular complexity index is 1270. The van der Waals surface area contributed by atoms with Crippen molar-refractivity contribution in [2.24, 2.45) is 0 Å². The van der Waals surface area contributed by atoms with E-state index in [9.17, 15) is 17.6 Å². The summed E-state index contributed by atoms with van der Waals surface area (Å²) in [6.07, 6.45) is 1.32. The van der Waals surface area contributed by atoms with E-state index in [2.05, 4.69) is 0 Å². The molecule has 3 aromatic rings. The van der Waals surface area contributed by atoms with Crippen molar-refractivity contribution in [1.82, 2.24) is 0 Å². The maximum atomic E-state index is 15.3. The van der Waals surface area contributed by atoms with Gasteiger partial charge in [0.1, 0.15) is 11.6 Å². The first-order chi connectivity index (χ1) is 16.5. The number of ether oxygens (including phenoxy) is 1. The second-order valence-electron chi connectivity index (χ2n) is 8.52. The van der Waals surface area contributed by atoms with E-state index in [0.29, 0.717) is 17.5 Å². The third-order valence-corrected chi connectivity index (χ3v) is 6.26. The van der Waals surface area contributed by atoms with Crippen LogP contribution in [0.5, 0.6) is 5.75 Å². The van der Waals surface area contributed by atoms with Crippen molar-refractivity contribution in [2.75, 3.05) is 6.61 Å². The summed E-state index contributed by atoms with van der Waals surface area (Å²) in [4.78, 5) is 0. The third kappa shape index (κ3) is 4.06. The van der Waals surface area contributed by atoms with E-state index >= 15 is 13.2 Å². The smallest absolute Gasteiger partial charge is 0.343 e. The Morgan fingerprint density at radius 3 is 1.89 bits per heavy atom. The van der Waals surface area contributed by atoms with Crippen molar-refractivity contribution in [3.05, 3.63) is 87.7 Å². The van der Waals surface area contributed by atoms with Crippen molar-refractivity contribution >= 4 is 0 Å². The van der Waals surface area contributed by atoms with Crippen molar-refractivity contribution in [2.45, 2.75) is 51.4 Å². The summed E-state index contributed by atoms with van der Waals surface area (Å²) in [7, 11) is 0. The zero-order chi connectivity index (χ0) is 25.5. The SMILES string of the molecule is CCCc1ccc(CCc2ccc3c(c2F)C(F)(F)C(F)(F)c2c-3ccc(OCC)c2F)cc1F. The lowest BCUT2D eigenvalue weighted by atomic mass is 9.78. The van der Waals surface area contributed by atoms with Gasteiger partial charge in [-0.25, -0.2) is 13.2 Å². The first-order valence-corrected chi connectivity index (χ1v) is 11.3. The average Bonchev–Trinajstić information content (AvgIpc) is 2.80. The Morgan fingerprint density at radius 1 is 0.686 bits per heavy atom. The van der Waals surface area contributed by atoms with Crippen LogP contribution in [0.1, 0.15) is 48.1 Å². The molecule has 0 heterocycles. The van der Waals surface area contributed by atoms with E-state index in [1.54, 1.807) is 12.1 Å². The maximum absolute atomic E-state index is 15.3. The molecule has 4 rings (SSSR count). The summed E-state index contributed by atoms with van der Waals surface area (Å²) in [6.45, 7) is 3.35. The highest BCUT2D eigenvalue weighted by molar-refractivity contribution is 5.77. The number of halogens is 7. The summed E-state index contributed by atoms with van der Waals surface area (Å²) in [5.41, 5.74) is -3.17. The van der Waals surface area contributed by atoms with Crippen molar-refractivity contribution < 1.29 is 35.5 Å². The molecule has 0 fully saturated rings. The summed E-state index contributed by atoms with van der Waals surface area (Å²) in [5.74, 6) is -14.1. The first-order valence-electron chi connectivity index (χ1n) is 11.3. The van der Waals surface area contributed by atoms with E-state index in [-0.39, 0.29) is 25.0 Å². The van der Waals surface area contributed by atoms with Gasteiger partial charge >= 0.3 is 11.8 Å². The molecule has 0 radical (unpaired) electrons. The summed E-state index contributed by atoms with van der Waals surface area (Å²) in [5, 5.41) is 0. The second-order valence-corrected chi connectivity index (χ2v) is 8.52. The second kappa shape index (κ2) is 9.21. The van der Waals surface area contributed by atoms with Gasteiger partial charge in [-0.3, -0.25) is 0 Å². The van der Waals surface area contributed by atoms with Crippen LogP contribution in [0.4, 0.5) is 30.7 Å². The molecular formula is C27H23F7O. The van der Waals surface area contributed by atoms with Crippen molar-refractivity contribution in [1.29, 1.82) is 0 Å². The highest BCUT2D eigenvalue weighted by Gasteiger charge is 2.65. The van der Waals surface area contributed by atoms with Crippen LogP contribution in [0.3, 0.4) is 0 Å². The van der Waals surface area contributed by atoms with Gasteiger partial charge in [0.25, 0.3) is 0 Å². The molecule has 0 unspecified atom stereocenters. The minimum absolute atomic E-state index is 0.0581. The normalized spacial score (nSPS) is 15.5. The number of benzene rings is 3. The molecule has 35 heavy (non-hydrogen) atoms. The van der Waals surface area contributed by atoms with E-state index in [0.717, 1.165) is 24.6 Å². The minimum atomic E-state index is -5.01. The molecular weight excluding hydrogens is 473 g/mol. The molecule has 1 nitrogen and oxygen atoms in total. The van der Waals surface area contributed by atoms with Crippen LogP contribution in [0, 0.1) is 17.5 Å². The Kier molecular flexibility index (Phi) is 6.60. The van der Waals surface area contributed by atoms with Gasteiger partial charge in [-0.15, -0.1) is 0 Å². The monoisotopic (exact) mass is 496 g/mol. The van der Waals surface area contributed by atoms with Gasteiger partial charge < -0.3 is 4.74 Å². The van der Waals surface area contributed by atoms with Gasteiger partial charge in [0.05, 0.1) is 17.7 Å². The highest BCUT2D eigenvalue weighted by Crippen LogP contribution is 2.60. The van der Waals surface area contributed by atoms with Crippen molar-refractivity contribution in [3.63, 3.8) is 0 Å². The third-order valence-electron chi connectivity index (χ3n) is 6.26. The molecule has 0 bridgehead atoms. The van der Waals surface area contributed by atoms with Crippen molar-refractivity contribution in [3.8, 4) is 16.9 Å². The zero-order valence-electron chi connectivity index (χ0n) is 19.1. The largest absolute Gasteiger partial charge is 0.491 e. The van der Waals surface area contributed by atoms with Crippen LogP contribution in [0.25, 0.3) is 11.1 Å². The van der Waals surface area contributed by atoms with Gasteiger partial charge in [0.15, 0.2) is 11.6 Å². The van der Waals surface area contributed by atoms with Crippen LogP contribution in [0.2, 0.25) is 0 Å². The van der Waals surface area contributed by atoms with E-state index < -0.39 is 57.3 Å². The lowest BCUT2D eigenvalue weighted by Gasteiger charge is -2.35. The zero-order valence-corrected chi connectivity index (χ0v) is 19.1. The minimum Gasteiger partial charge on any atom is -0.491 e. The van der Waals surface area contributed by atoms with Crippen LogP contribution in [-0.2, 0) is 31.1 Å². The molecule has 1 aliphatic carbocycles. The molecule has 0 saturated heterocycles. The number of rotatable bonds is 7. The van der Waals surface area contributed by atoms with Gasteiger partial charge in [0, 0.05) is 0 Å². The lowest BCUT2D eigenvalue weighted by Crippen LogP contribution is -2.41. The van der Waals surface area contributed by atoms with Gasteiger partial charge in [-0.2, -0.15) is 17.6 Å². The number of hydrogen-bond donors (Lipinski definition) is 0. The maximum Gasteiger partial charge on any atom is 0.343 e. The number of aryl methyl sites for hydroxylation is 3.